The summed E-state index contributed by atoms with van der Waals surface area (Å²) in [6.45, 7) is 0. The van der Waals surface area contributed by atoms with Crippen LogP contribution in [0.5, 0.6) is 5.75 Å². The molecule has 1 aromatic heterocycles. The zero-order valence-corrected chi connectivity index (χ0v) is 11.7. The van der Waals surface area contributed by atoms with E-state index in [9.17, 15) is 9.59 Å². The average Bonchev–Trinajstić information content (AvgIpc) is 2.94. The van der Waals surface area contributed by atoms with E-state index < -0.39 is 5.97 Å². The van der Waals surface area contributed by atoms with Crippen LogP contribution in [0.3, 0.4) is 0 Å². The molecule has 1 N–H and O–H groups in total. The average molecular weight is 292 g/mol. The lowest BCUT2D eigenvalue weighted by molar-refractivity contribution is 0.0607. The molecule has 1 aromatic carbocycles. The van der Waals surface area contributed by atoms with Gasteiger partial charge in [-0.3, -0.25) is 4.79 Å². The lowest BCUT2D eigenvalue weighted by atomic mass is 10.2. The minimum atomic E-state index is -0.534. The van der Waals surface area contributed by atoms with E-state index in [2.05, 4.69) is 15.0 Å². The van der Waals surface area contributed by atoms with Crippen LogP contribution < -0.4 is 10.1 Å². The summed E-state index contributed by atoms with van der Waals surface area (Å²) in [5.74, 6) is -0.146. The number of nitrogens with one attached hydrogen (secondary N) is 1. The number of benzene rings is 1. The first-order valence-electron chi connectivity index (χ1n) is 5.63. The van der Waals surface area contributed by atoms with Crippen LogP contribution in [0.4, 0.5) is 5.82 Å². The lowest BCUT2D eigenvalue weighted by Gasteiger charge is -2.06. The Hall–Kier alpha value is -2.41. The van der Waals surface area contributed by atoms with Crippen LogP contribution in [0.15, 0.2) is 29.8 Å². The van der Waals surface area contributed by atoms with Gasteiger partial charge in [-0.15, -0.1) is 11.3 Å². The van der Waals surface area contributed by atoms with Gasteiger partial charge in [-0.05, 0) is 18.2 Å². The zero-order valence-electron chi connectivity index (χ0n) is 10.9. The number of methoxy groups -OCH3 is 2. The molecule has 0 aliphatic heterocycles. The van der Waals surface area contributed by atoms with Crippen molar-refractivity contribution in [3.8, 4) is 5.75 Å². The predicted molar refractivity (Wildman–Crippen MR) is 74.4 cm³/mol. The van der Waals surface area contributed by atoms with Gasteiger partial charge in [0.25, 0.3) is 5.91 Å². The minimum absolute atomic E-state index is 0.190. The van der Waals surface area contributed by atoms with Gasteiger partial charge in [0.15, 0.2) is 10.7 Å². The summed E-state index contributed by atoms with van der Waals surface area (Å²) in [5, 5.41) is 2.58. The van der Waals surface area contributed by atoms with Crippen molar-refractivity contribution in [1.29, 1.82) is 0 Å². The van der Waals surface area contributed by atoms with E-state index >= 15 is 0 Å². The molecule has 0 saturated carbocycles. The topological polar surface area (TPSA) is 77.5 Å². The van der Waals surface area contributed by atoms with Crippen LogP contribution in [0.1, 0.15) is 20.0 Å². The van der Waals surface area contributed by atoms with E-state index in [1.54, 1.807) is 24.3 Å². The number of rotatable bonds is 4. The molecule has 0 saturated heterocycles. The maximum atomic E-state index is 12.1. The second-order valence-electron chi connectivity index (χ2n) is 3.71. The molecule has 20 heavy (non-hydrogen) atoms. The highest BCUT2D eigenvalue weighted by atomic mass is 32.1. The summed E-state index contributed by atoms with van der Waals surface area (Å²) in [7, 11) is 2.79. The van der Waals surface area contributed by atoms with Gasteiger partial charge in [0, 0.05) is 5.56 Å². The van der Waals surface area contributed by atoms with Crippen LogP contribution in [0.2, 0.25) is 0 Å². The van der Waals surface area contributed by atoms with Crippen molar-refractivity contribution in [3.63, 3.8) is 0 Å². The molecule has 0 radical (unpaired) electrons. The molecule has 104 valence electrons. The normalized spacial score (nSPS) is 9.90. The number of hydrogen-bond donors (Lipinski definition) is 1. The third-order valence-electron chi connectivity index (χ3n) is 2.50. The summed E-state index contributed by atoms with van der Waals surface area (Å²) in [5.41, 5.74) is 1.88. The molecule has 1 heterocycles. The molecule has 0 aliphatic rings. The van der Waals surface area contributed by atoms with Gasteiger partial charge >= 0.3 is 5.97 Å². The third-order valence-corrected chi connectivity index (χ3v) is 3.31. The number of ether oxygens (including phenoxy) is 2. The monoisotopic (exact) mass is 292 g/mol. The number of hydrogen-bond acceptors (Lipinski definition) is 6. The van der Waals surface area contributed by atoms with E-state index in [4.69, 9.17) is 4.74 Å². The Morgan fingerprint density at radius 2 is 2.10 bits per heavy atom. The van der Waals surface area contributed by atoms with Crippen molar-refractivity contribution in [3.05, 3.63) is 40.2 Å². The Morgan fingerprint density at radius 1 is 1.30 bits per heavy atom. The molecule has 6 nitrogen and oxygen atoms in total. The maximum absolute atomic E-state index is 12.1. The van der Waals surface area contributed by atoms with E-state index in [1.165, 1.54) is 19.7 Å². The van der Waals surface area contributed by atoms with E-state index in [0.717, 1.165) is 11.3 Å². The molecule has 0 aliphatic carbocycles. The van der Waals surface area contributed by atoms with E-state index in [-0.39, 0.29) is 16.6 Å². The second-order valence-corrected chi connectivity index (χ2v) is 4.56. The fraction of sp³-hybridized carbons (Fsp3) is 0.154. The Bertz CT molecular complexity index is 639. The van der Waals surface area contributed by atoms with Gasteiger partial charge in [-0.25, -0.2) is 9.78 Å². The number of amides is 1. The van der Waals surface area contributed by atoms with Gasteiger partial charge in [0.05, 0.1) is 19.7 Å². The Balaban J connectivity index is 2.19. The van der Waals surface area contributed by atoms with Crippen LogP contribution in [-0.4, -0.2) is 31.1 Å². The van der Waals surface area contributed by atoms with Crippen LogP contribution >= 0.6 is 11.3 Å². The van der Waals surface area contributed by atoms with Crippen molar-refractivity contribution < 1.29 is 19.1 Å². The van der Waals surface area contributed by atoms with Crippen molar-refractivity contribution >= 4 is 29.0 Å². The molecular formula is C13H12N2O4S. The predicted octanol–water partition coefficient (Wildman–Crippen LogP) is 2.19. The first kappa shape index (κ1) is 14.0. The smallest absolute Gasteiger partial charge is 0.351 e. The molecule has 0 atom stereocenters. The second kappa shape index (κ2) is 6.16. The molecule has 2 aromatic rings. The molecule has 0 spiro atoms. The molecule has 0 bridgehead atoms. The molecular weight excluding hydrogens is 280 g/mol. The van der Waals surface area contributed by atoms with Crippen LogP contribution in [0, 0.1) is 0 Å². The highest BCUT2D eigenvalue weighted by molar-refractivity contribution is 7.12. The first-order chi connectivity index (χ1) is 9.65. The lowest BCUT2D eigenvalue weighted by Crippen LogP contribution is -2.14. The zero-order chi connectivity index (χ0) is 14.5. The number of anilines is 1. The van der Waals surface area contributed by atoms with E-state index in [0.29, 0.717) is 11.3 Å². The Kier molecular flexibility index (Phi) is 4.31. The van der Waals surface area contributed by atoms with Crippen LogP contribution in [0.25, 0.3) is 0 Å². The number of esters is 1. The first-order valence-corrected chi connectivity index (χ1v) is 6.51. The molecule has 0 fully saturated rings. The van der Waals surface area contributed by atoms with Crippen LogP contribution in [-0.2, 0) is 4.74 Å². The Morgan fingerprint density at radius 3 is 2.80 bits per heavy atom. The van der Waals surface area contributed by atoms with Crippen molar-refractivity contribution in [1.82, 2.24) is 4.98 Å². The largest absolute Gasteiger partial charge is 0.497 e. The van der Waals surface area contributed by atoms with Crippen molar-refractivity contribution in [2.24, 2.45) is 0 Å². The highest BCUT2D eigenvalue weighted by Gasteiger charge is 2.18. The third kappa shape index (κ3) is 2.94. The number of thiazole rings is 1. The summed E-state index contributed by atoms with van der Waals surface area (Å²) in [4.78, 5) is 27.8. The Labute approximate surface area is 119 Å². The van der Waals surface area contributed by atoms with Gasteiger partial charge in [-0.2, -0.15) is 0 Å². The molecule has 0 unspecified atom stereocenters. The number of aromatic nitrogens is 1. The summed E-state index contributed by atoms with van der Waals surface area (Å²) < 4.78 is 9.67. The maximum Gasteiger partial charge on any atom is 0.351 e. The summed E-state index contributed by atoms with van der Waals surface area (Å²) in [6, 6.07) is 6.68. The standard InChI is InChI=1S/C13H12N2O4S/c1-18-9-5-3-4-8(6-9)12(16)15-11-10(13(17)19-2)20-7-14-11/h3-7H,1-2H3,(H,15,16). The molecule has 2 rings (SSSR count). The number of nitrogens with zero attached hydrogens (tertiary/aromatic N) is 1. The fourth-order valence-corrected chi connectivity index (χ4v) is 2.18. The van der Waals surface area contributed by atoms with Crippen molar-refractivity contribution in [2.75, 3.05) is 19.5 Å². The summed E-state index contributed by atoms with van der Waals surface area (Å²) in [6.07, 6.45) is 0. The highest BCUT2D eigenvalue weighted by Crippen LogP contribution is 2.21. The summed E-state index contributed by atoms with van der Waals surface area (Å²) >= 11 is 1.10. The van der Waals surface area contributed by atoms with Gasteiger partial charge in [0.1, 0.15) is 5.75 Å². The van der Waals surface area contributed by atoms with Gasteiger partial charge < -0.3 is 14.8 Å². The molecule has 7 heteroatoms. The van der Waals surface area contributed by atoms with Gasteiger partial charge in [0.2, 0.25) is 0 Å². The van der Waals surface area contributed by atoms with Crippen molar-refractivity contribution in [2.45, 2.75) is 0 Å². The molecule has 1 amide bonds. The minimum Gasteiger partial charge on any atom is -0.497 e. The number of carbonyl (C=O) groups is 2. The fourth-order valence-electron chi connectivity index (χ4n) is 1.52. The van der Waals surface area contributed by atoms with Gasteiger partial charge in [-0.1, -0.05) is 6.07 Å². The SMILES string of the molecule is COC(=O)c1scnc1NC(=O)c1cccc(OC)c1. The van der Waals surface area contributed by atoms with E-state index in [1.807, 2.05) is 0 Å². The number of carbonyl (C=O) groups excluding carboxylic acids is 2. The quantitative estimate of drug-likeness (QED) is 0.874.